The summed E-state index contributed by atoms with van der Waals surface area (Å²) in [6, 6.07) is 29.7. The molecule has 3 N–H and O–H groups in total. The third-order valence-corrected chi connectivity index (χ3v) is 6.08. The first kappa shape index (κ1) is 22.6. The number of ether oxygens (including phenoxy) is 2. The van der Waals surface area contributed by atoms with Crippen LogP contribution >= 0.6 is 0 Å². The molecular weight excluding hydrogens is 404 g/mol. The Kier molecular flexibility index (Phi) is 7.35. The zero-order valence-corrected chi connectivity index (χ0v) is 18.0. The molecule has 4 atom stereocenters. The lowest BCUT2D eigenvalue weighted by atomic mass is 9.78. The molecule has 32 heavy (non-hydrogen) atoms. The van der Waals surface area contributed by atoms with E-state index in [0.717, 1.165) is 16.7 Å². The number of hydrogen-bond acceptors (Lipinski definition) is 5. The Hall–Kier alpha value is -2.54. The Bertz CT molecular complexity index is 906. The predicted octanol–water partition coefficient (Wildman–Crippen LogP) is 2.91. The van der Waals surface area contributed by atoms with Gasteiger partial charge < -0.3 is 24.8 Å². The van der Waals surface area contributed by atoms with Crippen molar-refractivity contribution in [2.45, 2.75) is 49.5 Å². The van der Waals surface area contributed by atoms with Crippen LogP contribution in [-0.2, 0) is 28.9 Å². The Morgan fingerprint density at radius 3 is 1.66 bits per heavy atom. The molecule has 0 spiro atoms. The van der Waals surface area contributed by atoms with Crippen LogP contribution in [0.1, 0.15) is 16.7 Å². The van der Waals surface area contributed by atoms with Crippen LogP contribution in [-0.4, -0.2) is 51.9 Å². The van der Waals surface area contributed by atoms with Crippen LogP contribution in [0.3, 0.4) is 0 Å². The van der Waals surface area contributed by atoms with Crippen LogP contribution < -0.4 is 0 Å². The van der Waals surface area contributed by atoms with Crippen molar-refractivity contribution in [3.63, 3.8) is 0 Å². The largest absolute Gasteiger partial charge is 0.388 e. The average molecular weight is 435 g/mol. The van der Waals surface area contributed by atoms with Crippen molar-refractivity contribution in [3.05, 3.63) is 108 Å². The molecule has 3 aromatic rings. The maximum Gasteiger partial charge on any atom is 0.116 e. The van der Waals surface area contributed by atoms with Crippen molar-refractivity contribution in [1.82, 2.24) is 0 Å². The summed E-state index contributed by atoms with van der Waals surface area (Å²) in [7, 11) is 0. The van der Waals surface area contributed by atoms with E-state index in [9.17, 15) is 15.3 Å². The lowest BCUT2D eigenvalue weighted by Crippen LogP contribution is -2.63. The van der Waals surface area contributed by atoms with Crippen LogP contribution in [0.4, 0.5) is 0 Å². The second-order valence-electron chi connectivity index (χ2n) is 8.47. The second kappa shape index (κ2) is 10.4. The molecule has 168 valence electrons. The summed E-state index contributed by atoms with van der Waals surface area (Å²) in [5.41, 5.74) is 2.10. The van der Waals surface area contributed by atoms with E-state index >= 15 is 0 Å². The Morgan fingerprint density at radius 1 is 0.688 bits per heavy atom. The standard InChI is InChI=1S/C27H30O5/c28-23-19-31-26(25(30)24(23)29)27(16-20-10-4-1-5-11-20,17-21-12-6-2-7-13-21)32-18-22-14-8-3-9-15-22/h1-15,23-26,28-30H,16-19H2/t23-,24+,25+,26-/m0/s1. The van der Waals surface area contributed by atoms with Gasteiger partial charge in [-0.3, -0.25) is 0 Å². The summed E-state index contributed by atoms with van der Waals surface area (Å²) in [5.74, 6) is 0. The Morgan fingerprint density at radius 2 is 1.16 bits per heavy atom. The van der Waals surface area contributed by atoms with Gasteiger partial charge in [-0.25, -0.2) is 0 Å². The molecule has 5 nitrogen and oxygen atoms in total. The molecule has 0 radical (unpaired) electrons. The van der Waals surface area contributed by atoms with Gasteiger partial charge in [-0.2, -0.15) is 0 Å². The molecule has 1 aliphatic heterocycles. The van der Waals surface area contributed by atoms with Crippen molar-refractivity contribution in [3.8, 4) is 0 Å². The normalized spacial score (nSPS) is 23.7. The molecule has 0 aromatic heterocycles. The fraction of sp³-hybridized carbons (Fsp3) is 0.333. The molecule has 0 aliphatic carbocycles. The minimum atomic E-state index is -1.31. The number of aliphatic hydroxyl groups is 3. The van der Waals surface area contributed by atoms with E-state index in [1.165, 1.54) is 0 Å². The van der Waals surface area contributed by atoms with Gasteiger partial charge in [-0.15, -0.1) is 0 Å². The quantitative estimate of drug-likeness (QED) is 0.508. The van der Waals surface area contributed by atoms with E-state index < -0.39 is 30.0 Å². The molecule has 3 aromatic carbocycles. The molecule has 4 rings (SSSR count). The topological polar surface area (TPSA) is 79.2 Å². The SMILES string of the molecule is O[C@@H]1[C@H](O)[C@@H](O)CO[C@@H]1C(Cc1ccccc1)(Cc1ccccc1)OCc1ccccc1. The van der Waals surface area contributed by atoms with E-state index in [0.29, 0.717) is 19.4 Å². The molecule has 1 heterocycles. The van der Waals surface area contributed by atoms with Crippen LogP contribution in [0.2, 0.25) is 0 Å². The van der Waals surface area contributed by atoms with Gasteiger partial charge in [0.15, 0.2) is 0 Å². The highest BCUT2D eigenvalue weighted by molar-refractivity contribution is 5.24. The third kappa shape index (κ3) is 5.26. The average Bonchev–Trinajstić information content (AvgIpc) is 2.83. The van der Waals surface area contributed by atoms with E-state index in [1.807, 2.05) is 91.0 Å². The highest BCUT2D eigenvalue weighted by Crippen LogP contribution is 2.35. The zero-order valence-electron chi connectivity index (χ0n) is 18.0. The van der Waals surface area contributed by atoms with Crippen molar-refractivity contribution in [2.24, 2.45) is 0 Å². The van der Waals surface area contributed by atoms with Gasteiger partial charge in [0.25, 0.3) is 0 Å². The highest BCUT2D eigenvalue weighted by atomic mass is 16.6. The molecule has 0 bridgehead atoms. The maximum absolute atomic E-state index is 11.0. The van der Waals surface area contributed by atoms with E-state index in [-0.39, 0.29) is 6.61 Å². The molecule has 0 unspecified atom stereocenters. The van der Waals surface area contributed by atoms with Gasteiger partial charge in [-0.05, 0) is 16.7 Å². The first-order chi connectivity index (χ1) is 15.6. The smallest absolute Gasteiger partial charge is 0.116 e. The highest BCUT2D eigenvalue weighted by Gasteiger charge is 2.50. The number of hydrogen-bond donors (Lipinski definition) is 3. The van der Waals surface area contributed by atoms with Gasteiger partial charge >= 0.3 is 0 Å². The summed E-state index contributed by atoms with van der Waals surface area (Å²) in [5, 5.41) is 31.5. The van der Waals surface area contributed by atoms with Gasteiger partial charge in [0.2, 0.25) is 0 Å². The fourth-order valence-corrected chi connectivity index (χ4v) is 4.40. The molecule has 1 fully saturated rings. The van der Waals surface area contributed by atoms with Crippen molar-refractivity contribution in [2.75, 3.05) is 6.61 Å². The van der Waals surface area contributed by atoms with E-state index in [1.54, 1.807) is 0 Å². The first-order valence-electron chi connectivity index (χ1n) is 11.0. The molecular formula is C27H30O5. The summed E-state index contributed by atoms with van der Waals surface area (Å²) >= 11 is 0. The molecule has 0 saturated carbocycles. The zero-order chi connectivity index (χ0) is 22.4. The summed E-state index contributed by atoms with van der Waals surface area (Å²) in [4.78, 5) is 0. The monoisotopic (exact) mass is 434 g/mol. The molecule has 1 saturated heterocycles. The molecule has 1 aliphatic rings. The van der Waals surface area contributed by atoms with E-state index in [2.05, 4.69) is 0 Å². The van der Waals surface area contributed by atoms with Crippen molar-refractivity contribution >= 4 is 0 Å². The summed E-state index contributed by atoms with van der Waals surface area (Å²) < 4.78 is 12.6. The minimum Gasteiger partial charge on any atom is -0.388 e. The fourth-order valence-electron chi connectivity index (χ4n) is 4.40. The molecule has 0 amide bonds. The van der Waals surface area contributed by atoms with Gasteiger partial charge in [0, 0.05) is 12.8 Å². The Labute approximate surface area is 188 Å². The van der Waals surface area contributed by atoms with E-state index in [4.69, 9.17) is 9.47 Å². The van der Waals surface area contributed by atoms with Gasteiger partial charge in [-0.1, -0.05) is 91.0 Å². The number of aliphatic hydroxyl groups excluding tert-OH is 3. The van der Waals surface area contributed by atoms with Crippen LogP contribution in [0.25, 0.3) is 0 Å². The van der Waals surface area contributed by atoms with Crippen molar-refractivity contribution in [1.29, 1.82) is 0 Å². The number of benzene rings is 3. The van der Waals surface area contributed by atoms with Crippen LogP contribution in [0.15, 0.2) is 91.0 Å². The third-order valence-electron chi connectivity index (χ3n) is 6.08. The minimum absolute atomic E-state index is 0.0665. The first-order valence-corrected chi connectivity index (χ1v) is 11.0. The van der Waals surface area contributed by atoms with Crippen LogP contribution in [0.5, 0.6) is 0 Å². The predicted molar refractivity (Wildman–Crippen MR) is 122 cm³/mol. The van der Waals surface area contributed by atoms with Gasteiger partial charge in [0.1, 0.15) is 30.0 Å². The summed E-state index contributed by atoms with van der Waals surface area (Å²) in [6.07, 6.45) is -3.62. The lowest BCUT2D eigenvalue weighted by molar-refractivity contribution is -0.250. The number of rotatable bonds is 8. The lowest BCUT2D eigenvalue weighted by Gasteiger charge is -2.47. The van der Waals surface area contributed by atoms with Gasteiger partial charge in [0.05, 0.1) is 13.2 Å². The second-order valence-corrected chi connectivity index (χ2v) is 8.47. The molecule has 5 heteroatoms. The van der Waals surface area contributed by atoms with Crippen LogP contribution in [0, 0.1) is 0 Å². The summed E-state index contributed by atoms with van der Waals surface area (Å²) in [6.45, 7) is 0.259. The van der Waals surface area contributed by atoms with Crippen molar-refractivity contribution < 1.29 is 24.8 Å². The Balaban J connectivity index is 1.74. The maximum atomic E-state index is 11.0.